The highest BCUT2D eigenvalue weighted by atomic mass is 15.1. The zero-order valence-corrected chi connectivity index (χ0v) is 43.8. The van der Waals surface area contributed by atoms with E-state index in [2.05, 4.69) is 285 Å². The van der Waals surface area contributed by atoms with Crippen LogP contribution in [-0.2, 0) is 27.1 Å². The molecule has 0 radical (unpaired) electrons. The van der Waals surface area contributed by atoms with Gasteiger partial charge in [0.15, 0.2) is 0 Å². The summed E-state index contributed by atoms with van der Waals surface area (Å²) in [4.78, 5) is 2.66. The van der Waals surface area contributed by atoms with Gasteiger partial charge in [-0.2, -0.15) is 0 Å². The lowest BCUT2D eigenvalue weighted by Gasteiger charge is -2.37. The second-order valence-corrected chi connectivity index (χ2v) is 24.0. The van der Waals surface area contributed by atoms with Crippen molar-refractivity contribution >= 4 is 17.1 Å². The Morgan fingerprint density at radius 3 is 1.20 bits per heavy atom. The minimum Gasteiger partial charge on any atom is -0.310 e. The van der Waals surface area contributed by atoms with E-state index in [1.165, 1.54) is 117 Å². The van der Waals surface area contributed by atoms with Gasteiger partial charge in [0, 0.05) is 22.4 Å². The molecule has 0 saturated carbocycles. The maximum Gasteiger partial charge on any atom is 0.0726 e. The molecule has 10 aromatic rings. The Morgan fingerprint density at radius 1 is 0.297 bits per heavy atom. The maximum atomic E-state index is 2.66. The summed E-state index contributed by atoms with van der Waals surface area (Å²) in [5, 5.41) is 0. The minimum atomic E-state index is -0.612. The van der Waals surface area contributed by atoms with Gasteiger partial charge >= 0.3 is 0 Å². The molecule has 14 rings (SSSR count). The molecular weight excluding hydrogens is 891 g/mol. The Labute approximate surface area is 437 Å². The fraction of sp³-hybridized carbons (Fsp3) is 0.178. The molecule has 0 aromatic heterocycles. The quantitative estimate of drug-likeness (QED) is 0.166. The number of benzene rings is 10. The first-order valence-electron chi connectivity index (χ1n) is 26.7. The molecule has 0 N–H and O–H groups in total. The summed E-state index contributed by atoms with van der Waals surface area (Å²) in [6.07, 6.45) is 0. The van der Waals surface area contributed by atoms with Crippen molar-refractivity contribution < 1.29 is 0 Å². The first kappa shape index (κ1) is 44.7. The van der Waals surface area contributed by atoms with E-state index in [4.69, 9.17) is 0 Å². The molecule has 1 spiro atoms. The van der Waals surface area contributed by atoms with E-state index in [9.17, 15) is 0 Å². The van der Waals surface area contributed by atoms with Gasteiger partial charge in [-0.05, 0) is 147 Å². The van der Waals surface area contributed by atoms with Gasteiger partial charge in [0.2, 0.25) is 0 Å². The summed E-state index contributed by atoms with van der Waals surface area (Å²) in [5.41, 5.74) is 28.3. The lowest BCUT2D eigenvalue weighted by molar-refractivity contribution is 0.586. The molecule has 10 aromatic carbocycles. The highest BCUT2D eigenvalue weighted by Gasteiger charge is 2.53. The van der Waals surface area contributed by atoms with Crippen LogP contribution >= 0.6 is 0 Å². The minimum absolute atomic E-state index is 0.0709. The second kappa shape index (κ2) is 15.5. The summed E-state index contributed by atoms with van der Waals surface area (Å²) in [5.74, 6) is 0. The molecule has 0 bridgehead atoms. The third kappa shape index (κ3) is 5.93. The van der Waals surface area contributed by atoms with Gasteiger partial charge < -0.3 is 4.90 Å². The van der Waals surface area contributed by atoms with Crippen LogP contribution in [0.15, 0.2) is 224 Å². The lowest BCUT2D eigenvalue weighted by Crippen LogP contribution is -2.30. The predicted molar refractivity (Wildman–Crippen MR) is 310 cm³/mol. The first-order chi connectivity index (χ1) is 35.7. The molecule has 0 atom stereocenters. The molecule has 4 aliphatic rings. The van der Waals surface area contributed by atoms with Crippen molar-refractivity contribution in [3.05, 3.63) is 291 Å². The topological polar surface area (TPSA) is 3.24 Å². The Balaban J connectivity index is 1.13. The molecule has 4 aliphatic carbocycles. The van der Waals surface area contributed by atoms with E-state index in [0.717, 1.165) is 11.4 Å². The van der Waals surface area contributed by atoms with Gasteiger partial charge in [0.25, 0.3) is 0 Å². The first-order valence-corrected chi connectivity index (χ1v) is 26.7. The largest absolute Gasteiger partial charge is 0.310 e. The van der Waals surface area contributed by atoms with Crippen LogP contribution in [0.3, 0.4) is 0 Å². The molecule has 1 nitrogen and oxygen atoms in total. The van der Waals surface area contributed by atoms with Crippen LogP contribution in [0.5, 0.6) is 0 Å². The lowest BCUT2D eigenvalue weighted by atomic mass is 9.66. The molecule has 1 heteroatoms. The van der Waals surface area contributed by atoms with Crippen LogP contribution in [-0.4, -0.2) is 0 Å². The third-order valence-electron chi connectivity index (χ3n) is 17.7. The van der Waals surface area contributed by atoms with Crippen molar-refractivity contribution in [3.8, 4) is 44.5 Å². The molecule has 74 heavy (non-hydrogen) atoms. The van der Waals surface area contributed by atoms with Gasteiger partial charge in [0.05, 0.1) is 16.5 Å². The van der Waals surface area contributed by atoms with Crippen molar-refractivity contribution in [2.75, 3.05) is 4.90 Å². The van der Waals surface area contributed by atoms with E-state index in [1.54, 1.807) is 0 Å². The molecule has 0 saturated heterocycles. The third-order valence-corrected chi connectivity index (χ3v) is 17.7. The number of hydrogen-bond acceptors (Lipinski definition) is 1. The number of hydrogen-bond donors (Lipinski definition) is 0. The van der Waals surface area contributed by atoms with Gasteiger partial charge in [-0.25, -0.2) is 0 Å². The molecule has 358 valence electrons. The fourth-order valence-corrected chi connectivity index (χ4v) is 14.1. The molecule has 0 unspecified atom stereocenters. The summed E-state index contributed by atoms with van der Waals surface area (Å²) in [6, 6.07) is 86.6. The van der Waals surface area contributed by atoms with Crippen LogP contribution in [0.1, 0.15) is 122 Å². The van der Waals surface area contributed by atoms with Gasteiger partial charge in [-0.1, -0.05) is 250 Å². The standard InChI is InChI=1S/C73H61N/c1-69(2,3)48-35-38-58-64(41-48)72(46-23-11-9-12-24-46,47-25-13-10-14-26-47)66-42-49(70(4,5)6)43-67(68(58)66)74(50-36-39-56-52-27-15-19-31-59(52)71(7,8)63(56)44-50)51-37-40-57-55-30-18-22-34-62(55)73(65(57)45-51)60-32-20-16-28-53(60)54-29-17-21-33-61(54)73/h9-45H,1-8H3. The maximum absolute atomic E-state index is 2.66. The van der Waals surface area contributed by atoms with Crippen molar-refractivity contribution in [2.45, 2.75) is 82.5 Å². The number of anilines is 3. The molecule has 0 heterocycles. The Kier molecular flexibility index (Phi) is 9.37. The average molecular weight is 952 g/mol. The summed E-state index contributed by atoms with van der Waals surface area (Å²) in [6.45, 7) is 19.0. The smallest absolute Gasteiger partial charge is 0.0726 e. The van der Waals surface area contributed by atoms with Gasteiger partial charge in [-0.15, -0.1) is 0 Å². The Bertz CT molecular complexity index is 3840. The average Bonchev–Trinajstić information content (AvgIpc) is 4.10. The molecule has 0 aliphatic heterocycles. The van der Waals surface area contributed by atoms with Crippen LogP contribution in [0.4, 0.5) is 17.1 Å². The number of fused-ring (bicyclic) bond motifs is 16. The van der Waals surface area contributed by atoms with Crippen molar-refractivity contribution in [3.63, 3.8) is 0 Å². The van der Waals surface area contributed by atoms with E-state index >= 15 is 0 Å². The van der Waals surface area contributed by atoms with Crippen LogP contribution in [0.2, 0.25) is 0 Å². The summed E-state index contributed by atoms with van der Waals surface area (Å²) >= 11 is 0. The van der Waals surface area contributed by atoms with Gasteiger partial charge in [-0.3, -0.25) is 0 Å². The summed E-state index contributed by atoms with van der Waals surface area (Å²) in [7, 11) is 0. The van der Waals surface area contributed by atoms with E-state index in [0.29, 0.717) is 0 Å². The summed E-state index contributed by atoms with van der Waals surface area (Å²) < 4.78 is 0. The van der Waals surface area contributed by atoms with Crippen LogP contribution in [0.25, 0.3) is 44.5 Å². The van der Waals surface area contributed by atoms with Crippen LogP contribution < -0.4 is 4.90 Å². The van der Waals surface area contributed by atoms with Crippen molar-refractivity contribution in [1.82, 2.24) is 0 Å². The number of nitrogens with zero attached hydrogens (tertiary/aromatic N) is 1. The zero-order valence-electron chi connectivity index (χ0n) is 43.8. The monoisotopic (exact) mass is 951 g/mol. The van der Waals surface area contributed by atoms with E-state index in [-0.39, 0.29) is 16.2 Å². The Hall–Kier alpha value is -8.00. The second-order valence-electron chi connectivity index (χ2n) is 24.0. The SMILES string of the molecule is CC(C)(C)c1ccc2c(c1)C(c1ccccc1)(c1ccccc1)c1cc(C(C)(C)C)cc(N(c3ccc4c(c3)C(C)(C)c3ccccc3-4)c3ccc4c(c3)C3(c5ccccc5-c5ccccc53)c3ccccc3-4)c1-2. The normalized spacial score (nSPS) is 15.4. The highest BCUT2D eigenvalue weighted by Crippen LogP contribution is 2.65. The fourth-order valence-electron chi connectivity index (χ4n) is 14.1. The predicted octanol–water partition coefficient (Wildman–Crippen LogP) is 18.8. The zero-order chi connectivity index (χ0) is 50.5. The highest BCUT2D eigenvalue weighted by molar-refractivity contribution is 6.01. The Morgan fingerprint density at radius 2 is 0.689 bits per heavy atom. The van der Waals surface area contributed by atoms with Crippen LogP contribution in [0, 0.1) is 0 Å². The number of rotatable bonds is 5. The molecular formula is C73H61N. The van der Waals surface area contributed by atoms with E-state index in [1.807, 2.05) is 0 Å². The van der Waals surface area contributed by atoms with Crippen molar-refractivity contribution in [2.24, 2.45) is 0 Å². The van der Waals surface area contributed by atoms with Gasteiger partial charge in [0.1, 0.15) is 0 Å². The molecule has 0 fully saturated rings. The van der Waals surface area contributed by atoms with E-state index < -0.39 is 10.8 Å². The van der Waals surface area contributed by atoms with Crippen molar-refractivity contribution in [1.29, 1.82) is 0 Å². The molecule has 0 amide bonds.